The SMILES string of the molecule is CC(NC(=O)C1(n2cccn2)CCNCC1)c1cc(Cl)ccc1Cl. The van der Waals surface area contributed by atoms with Crippen LogP contribution in [0.3, 0.4) is 0 Å². The van der Waals surface area contributed by atoms with E-state index in [1.165, 1.54) is 0 Å². The predicted molar refractivity (Wildman–Crippen MR) is 95.3 cm³/mol. The third-order valence-electron chi connectivity index (χ3n) is 4.57. The van der Waals surface area contributed by atoms with Crippen molar-refractivity contribution in [1.29, 1.82) is 0 Å². The lowest BCUT2D eigenvalue weighted by molar-refractivity contribution is -0.132. The molecule has 1 atom stereocenters. The molecule has 1 aromatic heterocycles. The zero-order valence-corrected chi connectivity index (χ0v) is 14.9. The molecule has 3 rings (SSSR count). The second kappa shape index (κ2) is 7.13. The van der Waals surface area contributed by atoms with E-state index in [2.05, 4.69) is 15.7 Å². The Labute approximate surface area is 151 Å². The highest BCUT2D eigenvalue weighted by Crippen LogP contribution is 2.30. The van der Waals surface area contributed by atoms with Gasteiger partial charge < -0.3 is 10.6 Å². The summed E-state index contributed by atoms with van der Waals surface area (Å²) < 4.78 is 1.77. The van der Waals surface area contributed by atoms with Crippen LogP contribution >= 0.6 is 23.2 Å². The van der Waals surface area contributed by atoms with E-state index in [9.17, 15) is 4.79 Å². The van der Waals surface area contributed by atoms with Gasteiger partial charge in [0.05, 0.1) is 6.04 Å². The predicted octanol–water partition coefficient (Wildman–Crippen LogP) is 3.15. The number of aromatic nitrogens is 2. The largest absolute Gasteiger partial charge is 0.347 e. The van der Waals surface area contributed by atoms with Crippen LogP contribution in [0.5, 0.6) is 0 Å². The van der Waals surface area contributed by atoms with Crippen LogP contribution in [0.2, 0.25) is 10.0 Å². The van der Waals surface area contributed by atoms with Crippen molar-refractivity contribution in [3.8, 4) is 0 Å². The summed E-state index contributed by atoms with van der Waals surface area (Å²) in [6.07, 6.45) is 4.93. The Morgan fingerprint density at radius 1 is 1.38 bits per heavy atom. The first-order valence-corrected chi connectivity index (χ1v) is 8.75. The maximum atomic E-state index is 13.1. The number of amides is 1. The van der Waals surface area contributed by atoms with Gasteiger partial charge in [0.15, 0.2) is 0 Å². The minimum atomic E-state index is -0.673. The van der Waals surface area contributed by atoms with E-state index in [0.717, 1.165) is 18.7 Å². The number of hydrogen-bond acceptors (Lipinski definition) is 3. The highest BCUT2D eigenvalue weighted by molar-refractivity contribution is 6.33. The van der Waals surface area contributed by atoms with Crippen LogP contribution in [0.4, 0.5) is 0 Å². The summed E-state index contributed by atoms with van der Waals surface area (Å²) in [5.41, 5.74) is 0.135. The molecular formula is C17H20Cl2N4O. The van der Waals surface area contributed by atoms with Gasteiger partial charge in [-0.1, -0.05) is 23.2 Å². The van der Waals surface area contributed by atoms with Gasteiger partial charge >= 0.3 is 0 Å². The van der Waals surface area contributed by atoms with Gasteiger partial charge in [0.2, 0.25) is 5.91 Å². The second-order valence-corrected chi connectivity index (χ2v) is 6.94. The highest BCUT2D eigenvalue weighted by Gasteiger charge is 2.42. The third-order valence-corrected chi connectivity index (χ3v) is 5.15. The lowest BCUT2D eigenvalue weighted by Crippen LogP contribution is -2.55. The van der Waals surface area contributed by atoms with Crippen LogP contribution in [-0.2, 0) is 10.3 Å². The van der Waals surface area contributed by atoms with Gasteiger partial charge in [-0.3, -0.25) is 9.48 Å². The van der Waals surface area contributed by atoms with Gasteiger partial charge in [0.1, 0.15) is 5.54 Å². The van der Waals surface area contributed by atoms with Crippen LogP contribution in [0.25, 0.3) is 0 Å². The molecule has 1 fully saturated rings. The smallest absolute Gasteiger partial charge is 0.248 e. The lowest BCUT2D eigenvalue weighted by Gasteiger charge is -2.37. The van der Waals surface area contributed by atoms with Gasteiger partial charge in [-0.15, -0.1) is 0 Å². The van der Waals surface area contributed by atoms with E-state index in [-0.39, 0.29) is 11.9 Å². The average molecular weight is 367 g/mol. The first-order valence-electron chi connectivity index (χ1n) is 8.00. The van der Waals surface area contributed by atoms with Crippen molar-refractivity contribution < 1.29 is 4.79 Å². The molecule has 2 N–H and O–H groups in total. The summed E-state index contributed by atoms with van der Waals surface area (Å²) in [5, 5.41) is 11.9. The first-order chi connectivity index (χ1) is 11.5. The summed E-state index contributed by atoms with van der Waals surface area (Å²) in [5.74, 6) is -0.0451. The van der Waals surface area contributed by atoms with Gasteiger partial charge in [-0.05, 0) is 62.7 Å². The topological polar surface area (TPSA) is 59.0 Å². The molecule has 1 aromatic carbocycles. The number of carbonyl (C=O) groups is 1. The van der Waals surface area contributed by atoms with Gasteiger partial charge in [-0.25, -0.2) is 0 Å². The molecule has 2 heterocycles. The molecular weight excluding hydrogens is 347 g/mol. The Morgan fingerprint density at radius 3 is 2.79 bits per heavy atom. The molecule has 5 nitrogen and oxygen atoms in total. The van der Waals surface area contributed by atoms with Crippen LogP contribution in [0.15, 0.2) is 36.7 Å². The van der Waals surface area contributed by atoms with Gasteiger partial charge in [-0.2, -0.15) is 5.10 Å². The Balaban J connectivity index is 1.85. The minimum Gasteiger partial charge on any atom is -0.347 e. The molecule has 128 valence electrons. The monoisotopic (exact) mass is 366 g/mol. The van der Waals surface area contributed by atoms with E-state index in [0.29, 0.717) is 22.9 Å². The second-order valence-electron chi connectivity index (χ2n) is 6.09. The van der Waals surface area contributed by atoms with Crippen molar-refractivity contribution in [2.45, 2.75) is 31.3 Å². The molecule has 24 heavy (non-hydrogen) atoms. The number of halogens is 2. The van der Waals surface area contributed by atoms with Crippen LogP contribution < -0.4 is 10.6 Å². The number of carbonyl (C=O) groups excluding carboxylic acids is 1. The molecule has 0 bridgehead atoms. The number of hydrogen-bond donors (Lipinski definition) is 2. The zero-order chi connectivity index (χ0) is 17.2. The molecule has 0 spiro atoms. The molecule has 1 saturated heterocycles. The number of piperidine rings is 1. The quantitative estimate of drug-likeness (QED) is 0.873. The fraction of sp³-hybridized carbons (Fsp3) is 0.412. The highest BCUT2D eigenvalue weighted by atomic mass is 35.5. The molecule has 1 aliphatic rings. The zero-order valence-electron chi connectivity index (χ0n) is 13.4. The molecule has 0 saturated carbocycles. The lowest BCUT2D eigenvalue weighted by atomic mass is 9.87. The number of benzene rings is 1. The van der Waals surface area contributed by atoms with Crippen molar-refractivity contribution in [3.05, 3.63) is 52.3 Å². The van der Waals surface area contributed by atoms with Crippen molar-refractivity contribution >= 4 is 29.1 Å². The maximum absolute atomic E-state index is 13.1. The van der Waals surface area contributed by atoms with Crippen molar-refractivity contribution in [2.24, 2.45) is 0 Å². The molecule has 1 unspecified atom stereocenters. The van der Waals surface area contributed by atoms with E-state index in [4.69, 9.17) is 23.2 Å². The number of nitrogens with zero attached hydrogens (tertiary/aromatic N) is 2. The van der Waals surface area contributed by atoms with Crippen molar-refractivity contribution in [1.82, 2.24) is 20.4 Å². The maximum Gasteiger partial charge on any atom is 0.248 e. The van der Waals surface area contributed by atoms with Crippen LogP contribution in [-0.4, -0.2) is 28.8 Å². The molecule has 1 amide bonds. The van der Waals surface area contributed by atoms with Crippen LogP contribution in [0, 0.1) is 0 Å². The summed E-state index contributed by atoms with van der Waals surface area (Å²) in [7, 11) is 0. The Kier molecular flexibility index (Phi) is 5.13. The summed E-state index contributed by atoms with van der Waals surface area (Å²) >= 11 is 12.3. The number of nitrogens with one attached hydrogen (secondary N) is 2. The van der Waals surface area contributed by atoms with E-state index in [1.807, 2.05) is 19.2 Å². The fourth-order valence-corrected chi connectivity index (χ4v) is 3.64. The Morgan fingerprint density at radius 2 is 2.12 bits per heavy atom. The third kappa shape index (κ3) is 3.29. The normalized spacial score (nSPS) is 18.1. The van der Waals surface area contributed by atoms with Crippen molar-refractivity contribution in [3.63, 3.8) is 0 Å². The Bertz CT molecular complexity index is 711. The van der Waals surface area contributed by atoms with Crippen LogP contribution in [0.1, 0.15) is 31.4 Å². The summed E-state index contributed by atoms with van der Waals surface area (Å²) in [4.78, 5) is 13.1. The fourth-order valence-electron chi connectivity index (χ4n) is 3.18. The van der Waals surface area contributed by atoms with Gasteiger partial charge in [0.25, 0.3) is 0 Å². The standard InChI is InChI=1S/C17H20Cl2N4O/c1-12(14-11-13(18)3-4-15(14)19)22-16(24)17(5-8-20-9-6-17)23-10-2-7-21-23/h2-4,7,10-12,20H,5-6,8-9H2,1H3,(H,22,24). The molecule has 0 aliphatic carbocycles. The molecule has 2 aromatic rings. The summed E-state index contributed by atoms with van der Waals surface area (Å²) in [6.45, 7) is 3.46. The molecule has 0 radical (unpaired) electrons. The first kappa shape index (κ1) is 17.3. The summed E-state index contributed by atoms with van der Waals surface area (Å²) in [6, 6.07) is 6.87. The molecule has 1 aliphatic heterocycles. The van der Waals surface area contributed by atoms with E-state index < -0.39 is 5.54 Å². The Hall–Kier alpha value is -1.56. The minimum absolute atomic E-state index is 0.0451. The van der Waals surface area contributed by atoms with Gasteiger partial charge in [0, 0.05) is 22.4 Å². The molecule has 7 heteroatoms. The average Bonchev–Trinajstić information content (AvgIpc) is 3.12. The van der Waals surface area contributed by atoms with E-state index in [1.54, 1.807) is 29.1 Å². The van der Waals surface area contributed by atoms with E-state index >= 15 is 0 Å². The van der Waals surface area contributed by atoms with Crippen molar-refractivity contribution in [2.75, 3.05) is 13.1 Å². The number of rotatable bonds is 4.